The first-order valence-corrected chi connectivity index (χ1v) is 7.16. The van der Waals surface area contributed by atoms with E-state index in [0.717, 1.165) is 17.1 Å². The third kappa shape index (κ3) is 2.87. The Labute approximate surface area is 119 Å². The molecular weight excluding hydrogens is 246 g/mol. The van der Waals surface area contributed by atoms with Crippen molar-refractivity contribution in [1.29, 1.82) is 0 Å². The zero-order chi connectivity index (χ0) is 13.8. The topological polar surface area (TPSA) is 37.3 Å². The molecule has 1 N–H and O–H groups in total. The van der Waals surface area contributed by atoms with Gasteiger partial charge in [-0.25, -0.2) is 0 Å². The number of hydrazone groups is 1. The van der Waals surface area contributed by atoms with Crippen LogP contribution in [0.1, 0.15) is 36.6 Å². The van der Waals surface area contributed by atoms with Crippen molar-refractivity contribution in [3.63, 3.8) is 0 Å². The lowest BCUT2D eigenvalue weighted by molar-refractivity contribution is 0.681. The number of aryl methyl sites for hydroxylation is 2. The largest absolute Gasteiger partial charge is 0.278 e. The molecule has 1 heterocycles. The maximum atomic E-state index is 4.53. The normalized spacial score (nSPS) is 14.8. The second-order valence-electron chi connectivity index (χ2n) is 5.22. The van der Waals surface area contributed by atoms with E-state index < -0.39 is 0 Å². The summed E-state index contributed by atoms with van der Waals surface area (Å²) in [4.78, 5) is 4.53. The van der Waals surface area contributed by atoms with E-state index in [9.17, 15) is 0 Å². The van der Waals surface area contributed by atoms with Crippen LogP contribution in [0.5, 0.6) is 0 Å². The number of pyridine rings is 1. The van der Waals surface area contributed by atoms with Crippen molar-refractivity contribution in [3.05, 3.63) is 59.4 Å². The Morgan fingerprint density at radius 3 is 2.65 bits per heavy atom. The van der Waals surface area contributed by atoms with Crippen LogP contribution in [0.3, 0.4) is 0 Å². The SMILES string of the molecule is CC(=NNc1ccccc1)c1cc2c(cn1)CCCC2. The number of benzene rings is 1. The second kappa shape index (κ2) is 5.87. The highest BCUT2D eigenvalue weighted by Crippen LogP contribution is 2.21. The van der Waals surface area contributed by atoms with Crippen molar-refractivity contribution >= 4 is 11.4 Å². The van der Waals surface area contributed by atoms with E-state index in [-0.39, 0.29) is 0 Å². The van der Waals surface area contributed by atoms with Gasteiger partial charge in [0.05, 0.1) is 17.1 Å². The zero-order valence-corrected chi connectivity index (χ0v) is 11.8. The fraction of sp³-hybridized carbons (Fsp3) is 0.294. The summed E-state index contributed by atoms with van der Waals surface area (Å²) in [5.74, 6) is 0. The molecule has 0 amide bonds. The fourth-order valence-corrected chi connectivity index (χ4v) is 2.53. The Bertz CT molecular complexity index is 617. The van der Waals surface area contributed by atoms with E-state index in [1.807, 2.05) is 43.5 Å². The second-order valence-corrected chi connectivity index (χ2v) is 5.22. The Hall–Kier alpha value is -2.16. The molecule has 0 radical (unpaired) electrons. The van der Waals surface area contributed by atoms with Gasteiger partial charge in [0, 0.05) is 6.20 Å². The molecule has 0 bridgehead atoms. The molecule has 1 aromatic heterocycles. The van der Waals surface area contributed by atoms with Crippen LogP contribution in [0.25, 0.3) is 0 Å². The average molecular weight is 265 g/mol. The third-order valence-corrected chi connectivity index (χ3v) is 3.72. The summed E-state index contributed by atoms with van der Waals surface area (Å²) in [7, 11) is 0. The molecule has 0 unspecified atom stereocenters. The van der Waals surface area contributed by atoms with Crippen LogP contribution in [0, 0.1) is 0 Å². The molecule has 20 heavy (non-hydrogen) atoms. The minimum atomic E-state index is 0.919. The van der Waals surface area contributed by atoms with E-state index in [0.29, 0.717) is 0 Å². The molecule has 1 aromatic carbocycles. The molecule has 1 aliphatic rings. The molecule has 0 fully saturated rings. The van der Waals surface area contributed by atoms with Crippen LogP contribution in [-0.4, -0.2) is 10.7 Å². The summed E-state index contributed by atoms with van der Waals surface area (Å²) in [6, 6.07) is 12.2. The van der Waals surface area contributed by atoms with Gasteiger partial charge in [-0.05, 0) is 61.9 Å². The van der Waals surface area contributed by atoms with E-state index in [1.165, 1.54) is 36.8 Å². The first-order valence-electron chi connectivity index (χ1n) is 7.16. The zero-order valence-electron chi connectivity index (χ0n) is 11.8. The Kier molecular flexibility index (Phi) is 3.77. The highest BCUT2D eigenvalue weighted by molar-refractivity contribution is 5.97. The van der Waals surface area contributed by atoms with Crippen molar-refractivity contribution in [1.82, 2.24) is 4.98 Å². The van der Waals surface area contributed by atoms with Crippen LogP contribution >= 0.6 is 0 Å². The van der Waals surface area contributed by atoms with Crippen LogP contribution in [0.4, 0.5) is 5.69 Å². The van der Waals surface area contributed by atoms with Gasteiger partial charge in [0.1, 0.15) is 0 Å². The lowest BCUT2D eigenvalue weighted by Gasteiger charge is -2.15. The summed E-state index contributed by atoms with van der Waals surface area (Å²) in [5.41, 5.74) is 8.79. The molecule has 0 saturated carbocycles. The standard InChI is InChI=1S/C17H19N3/c1-13(19-20-16-9-3-2-4-10-16)17-11-14-7-5-6-8-15(14)12-18-17/h2-4,9-12,20H,5-8H2,1H3. The van der Waals surface area contributed by atoms with Crippen molar-refractivity contribution in [3.8, 4) is 0 Å². The van der Waals surface area contributed by atoms with Crippen LogP contribution in [0.2, 0.25) is 0 Å². The monoisotopic (exact) mass is 265 g/mol. The van der Waals surface area contributed by atoms with Crippen LogP contribution in [-0.2, 0) is 12.8 Å². The van der Waals surface area contributed by atoms with Crippen molar-refractivity contribution < 1.29 is 0 Å². The number of aromatic nitrogens is 1. The summed E-state index contributed by atoms with van der Waals surface area (Å²) in [6.07, 6.45) is 6.93. The van der Waals surface area contributed by atoms with E-state index in [1.54, 1.807) is 0 Å². The molecule has 0 saturated heterocycles. The average Bonchev–Trinajstić information content (AvgIpc) is 2.53. The smallest absolute Gasteiger partial charge is 0.0862 e. The molecule has 2 aromatic rings. The van der Waals surface area contributed by atoms with Gasteiger partial charge in [0.25, 0.3) is 0 Å². The lowest BCUT2D eigenvalue weighted by Crippen LogP contribution is -2.08. The number of hydrogen-bond acceptors (Lipinski definition) is 3. The van der Waals surface area contributed by atoms with Gasteiger partial charge < -0.3 is 0 Å². The molecule has 3 rings (SSSR count). The summed E-state index contributed by atoms with van der Waals surface area (Å²) in [5, 5.41) is 4.42. The number of anilines is 1. The fourth-order valence-electron chi connectivity index (χ4n) is 2.53. The summed E-state index contributed by atoms with van der Waals surface area (Å²) >= 11 is 0. The lowest BCUT2D eigenvalue weighted by atomic mass is 9.92. The first-order chi connectivity index (χ1) is 9.83. The van der Waals surface area contributed by atoms with Crippen LogP contribution < -0.4 is 5.43 Å². The van der Waals surface area contributed by atoms with Crippen LogP contribution in [0.15, 0.2) is 47.7 Å². The van der Waals surface area contributed by atoms with Gasteiger partial charge in [0.2, 0.25) is 0 Å². The van der Waals surface area contributed by atoms with Crippen molar-refractivity contribution in [2.24, 2.45) is 5.10 Å². The molecule has 0 atom stereocenters. The number of rotatable bonds is 3. The molecule has 3 heteroatoms. The maximum Gasteiger partial charge on any atom is 0.0862 e. The summed E-state index contributed by atoms with van der Waals surface area (Å²) in [6.45, 7) is 1.99. The maximum absolute atomic E-state index is 4.53. The molecule has 102 valence electrons. The molecular formula is C17H19N3. The van der Waals surface area contributed by atoms with Gasteiger partial charge in [-0.2, -0.15) is 5.10 Å². The number of para-hydroxylation sites is 1. The van der Waals surface area contributed by atoms with Gasteiger partial charge >= 0.3 is 0 Å². The Morgan fingerprint density at radius 1 is 1.10 bits per heavy atom. The minimum absolute atomic E-state index is 0.919. The Morgan fingerprint density at radius 2 is 1.85 bits per heavy atom. The quantitative estimate of drug-likeness (QED) is 0.677. The summed E-state index contributed by atoms with van der Waals surface area (Å²) < 4.78 is 0. The Balaban J connectivity index is 1.78. The minimum Gasteiger partial charge on any atom is -0.278 e. The predicted molar refractivity (Wildman–Crippen MR) is 83.2 cm³/mol. The number of fused-ring (bicyclic) bond motifs is 1. The van der Waals surface area contributed by atoms with Gasteiger partial charge in [-0.3, -0.25) is 10.4 Å². The highest BCUT2D eigenvalue weighted by Gasteiger charge is 2.11. The van der Waals surface area contributed by atoms with Crippen molar-refractivity contribution in [2.45, 2.75) is 32.6 Å². The molecule has 3 nitrogen and oxygen atoms in total. The van der Waals surface area contributed by atoms with E-state index in [2.05, 4.69) is 21.6 Å². The molecule has 1 aliphatic carbocycles. The molecule has 0 spiro atoms. The third-order valence-electron chi connectivity index (χ3n) is 3.72. The number of hydrogen-bond donors (Lipinski definition) is 1. The molecule has 0 aliphatic heterocycles. The van der Waals surface area contributed by atoms with Crippen molar-refractivity contribution in [2.75, 3.05) is 5.43 Å². The van der Waals surface area contributed by atoms with Gasteiger partial charge in [-0.1, -0.05) is 18.2 Å². The van der Waals surface area contributed by atoms with Gasteiger partial charge in [-0.15, -0.1) is 0 Å². The number of nitrogens with one attached hydrogen (secondary N) is 1. The number of nitrogens with zero attached hydrogens (tertiary/aromatic N) is 2. The van der Waals surface area contributed by atoms with E-state index >= 15 is 0 Å². The highest BCUT2D eigenvalue weighted by atomic mass is 15.3. The van der Waals surface area contributed by atoms with E-state index in [4.69, 9.17) is 0 Å². The first kappa shape index (κ1) is 12.9. The van der Waals surface area contributed by atoms with Gasteiger partial charge in [0.15, 0.2) is 0 Å². The predicted octanol–water partition coefficient (Wildman–Crippen LogP) is 3.80.